The van der Waals surface area contributed by atoms with Crippen molar-refractivity contribution in [3.8, 4) is 0 Å². The van der Waals surface area contributed by atoms with E-state index in [0.717, 1.165) is 0 Å². The molecule has 0 aliphatic rings. The quantitative estimate of drug-likeness (QED) is 0.578. The summed E-state index contributed by atoms with van der Waals surface area (Å²) < 4.78 is 4.52. The number of carbonyl (C=O) groups is 1. The zero-order chi connectivity index (χ0) is 9.68. The molecule has 1 N–H and O–H groups in total. The molecule has 0 fully saturated rings. The first-order valence-corrected chi connectivity index (χ1v) is 3.90. The highest BCUT2D eigenvalue weighted by molar-refractivity contribution is 6.28. The van der Waals surface area contributed by atoms with Crippen molar-refractivity contribution in [2.24, 2.45) is 0 Å². The maximum atomic E-state index is 9.90. The SMILES string of the molecule is CNc1cc(COC=O)nc(Cl)n1. The van der Waals surface area contributed by atoms with Gasteiger partial charge in [-0.25, -0.2) is 9.97 Å². The number of anilines is 1. The molecule has 0 saturated carbocycles. The van der Waals surface area contributed by atoms with Gasteiger partial charge in [0, 0.05) is 13.1 Å². The van der Waals surface area contributed by atoms with Gasteiger partial charge in [0.25, 0.3) is 6.47 Å². The number of hydrogen-bond donors (Lipinski definition) is 1. The summed E-state index contributed by atoms with van der Waals surface area (Å²) in [5.74, 6) is 0.587. The molecule has 0 aliphatic heterocycles. The van der Waals surface area contributed by atoms with Crippen LogP contribution in [0.15, 0.2) is 6.07 Å². The van der Waals surface area contributed by atoms with Crippen molar-refractivity contribution in [2.45, 2.75) is 6.61 Å². The molecule has 0 spiro atoms. The molecule has 5 nitrogen and oxygen atoms in total. The predicted molar refractivity (Wildman–Crippen MR) is 47.4 cm³/mol. The van der Waals surface area contributed by atoms with E-state index in [1.165, 1.54) is 0 Å². The summed E-state index contributed by atoms with van der Waals surface area (Å²) in [4.78, 5) is 17.6. The van der Waals surface area contributed by atoms with E-state index < -0.39 is 0 Å². The fourth-order valence-electron chi connectivity index (χ4n) is 0.787. The van der Waals surface area contributed by atoms with Gasteiger partial charge in [-0.15, -0.1) is 0 Å². The van der Waals surface area contributed by atoms with Gasteiger partial charge in [-0.3, -0.25) is 4.79 Å². The zero-order valence-corrected chi connectivity index (χ0v) is 7.71. The van der Waals surface area contributed by atoms with Crippen molar-refractivity contribution in [1.82, 2.24) is 9.97 Å². The first kappa shape index (κ1) is 9.73. The summed E-state index contributed by atoms with van der Waals surface area (Å²) in [6.45, 7) is 0.454. The molecule has 0 atom stereocenters. The van der Waals surface area contributed by atoms with Crippen LogP contribution in [0, 0.1) is 0 Å². The molecule has 1 aromatic rings. The minimum Gasteiger partial charge on any atom is -0.461 e. The van der Waals surface area contributed by atoms with Gasteiger partial charge in [0.1, 0.15) is 12.4 Å². The van der Waals surface area contributed by atoms with Crippen molar-refractivity contribution in [2.75, 3.05) is 12.4 Å². The van der Waals surface area contributed by atoms with Crippen LogP contribution in [0.4, 0.5) is 5.82 Å². The Hall–Kier alpha value is -1.36. The Morgan fingerprint density at radius 3 is 3.08 bits per heavy atom. The topological polar surface area (TPSA) is 64.1 Å². The lowest BCUT2D eigenvalue weighted by Gasteiger charge is -2.02. The van der Waals surface area contributed by atoms with E-state index in [2.05, 4.69) is 20.0 Å². The van der Waals surface area contributed by atoms with Crippen molar-refractivity contribution in [3.63, 3.8) is 0 Å². The lowest BCUT2D eigenvalue weighted by Crippen LogP contribution is -2.00. The van der Waals surface area contributed by atoms with E-state index in [1.54, 1.807) is 13.1 Å². The Kier molecular flexibility index (Phi) is 3.45. The minimum absolute atomic E-state index is 0.0976. The van der Waals surface area contributed by atoms with Crippen LogP contribution in [-0.2, 0) is 16.1 Å². The number of hydrogen-bond acceptors (Lipinski definition) is 5. The van der Waals surface area contributed by atoms with Gasteiger partial charge in [-0.1, -0.05) is 0 Å². The van der Waals surface area contributed by atoms with E-state index >= 15 is 0 Å². The van der Waals surface area contributed by atoms with Gasteiger partial charge in [-0.05, 0) is 11.6 Å². The smallest absolute Gasteiger partial charge is 0.293 e. The van der Waals surface area contributed by atoms with Gasteiger partial charge >= 0.3 is 0 Å². The van der Waals surface area contributed by atoms with Gasteiger partial charge in [0.05, 0.1) is 5.69 Å². The van der Waals surface area contributed by atoms with Crippen LogP contribution in [-0.4, -0.2) is 23.5 Å². The number of rotatable bonds is 4. The Bertz CT molecular complexity index is 306. The van der Waals surface area contributed by atoms with Crippen LogP contribution in [0.1, 0.15) is 5.69 Å². The monoisotopic (exact) mass is 201 g/mol. The van der Waals surface area contributed by atoms with Crippen molar-refractivity contribution >= 4 is 23.9 Å². The number of halogens is 1. The third-order valence-corrected chi connectivity index (χ3v) is 1.48. The second-order valence-corrected chi connectivity index (χ2v) is 2.51. The lowest BCUT2D eigenvalue weighted by atomic mass is 10.4. The normalized spacial score (nSPS) is 9.38. The average Bonchev–Trinajstić information content (AvgIpc) is 2.14. The molecule has 0 aliphatic carbocycles. The first-order chi connectivity index (χ1) is 6.26. The number of nitrogens with one attached hydrogen (secondary N) is 1. The molecule has 0 amide bonds. The number of ether oxygens (including phenoxy) is 1. The molecule has 6 heteroatoms. The standard InChI is InChI=1S/C7H8ClN3O2/c1-9-6-2-5(3-13-4-12)10-7(8)11-6/h2,4H,3H2,1H3,(H,9,10,11). The van der Waals surface area contributed by atoms with Gasteiger partial charge < -0.3 is 10.1 Å². The number of nitrogens with zero attached hydrogens (tertiary/aromatic N) is 2. The first-order valence-electron chi connectivity index (χ1n) is 3.52. The maximum absolute atomic E-state index is 9.90. The average molecular weight is 202 g/mol. The van der Waals surface area contributed by atoms with Crippen LogP contribution in [0.2, 0.25) is 5.28 Å². The number of aromatic nitrogens is 2. The molecule has 0 bridgehead atoms. The van der Waals surface area contributed by atoms with E-state index in [1.807, 2.05) is 0 Å². The molecular formula is C7H8ClN3O2. The van der Waals surface area contributed by atoms with E-state index in [0.29, 0.717) is 18.0 Å². The highest BCUT2D eigenvalue weighted by atomic mass is 35.5. The van der Waals surface area contributed by atoms with Crippen LogP contribution < -0.4 is 5.32 Å². The highest BCUT2D eigenvalue weighted by Crippen LogP contribution is 2.10. The van der Waals surface area contributed by atoms with Crippen molar-refractivity contribution in [3.05, 3.63) is 17.0 Å². The molecule has 1 heterocycles. The molecular weight excluding hydrogens is 194 g/mol. The lowest BCUT2D eigenvalue weighted by molar-refractivity contribution is -0.129. The summed E-state index contributed by atoms with van der Waals surface area (Å²) in [6.07, 6.45) is 0. The molecule has 0 unspecified atom stereocenters. The van der Waals surface area contributed by atoms with Crippen LogP contribution in [0.25, 0.3) is 0 Å². The minimum atomic E-state index is 0.0976. The fraction of sp³-hybridized carbons (Fsp3) is 0.286. The van der Waals surface area contributed by atoms with E-state index in [9.17, 15) is 4.79 Å². The Morgan fingerprint density at radius 1 is 1.69 bits per heavy atom. The molecule has 1 rings (SSSR count). The fourth-order valence-corrected chi connectivity index (χ4v) is 0.986. The van der Waals surface area contributed by atoms with Crippen molar-refractivity contribution < 1.29 is 9.53 Å². The third kappa shape index (κ3) is 2.87. The zero-order valence-electron chi connectivity index (χ0n) is 6.95. The van der Waals surface area contributed by atoms with E-state index in [4.69, 9.17) is 11.6 Å². The summed E-state index contributed by atoms with van der Waals surface area (Å²) in [5.41, 5.74) is 0.552. The second kappa shape index (κ2) is 4.61. The molecule has 13 heavy (non-hydrogen) atoms. The largest absolute Gasteiger partial charge is 0.461 e. The summed E-state index contributed by atoms with van der Waals surface area (Å²) in [6, 6.07) is 1.65. The van der Waals surface area contributed by atoms with Crippen LogP contribution >= 0.6 is 11.6 Å². The molecule has 0 radical (unpaired) electrons. The van der Waals surface area contributed by atoms with Crippen LogP contribution in [0.5, 0.6) is 0 Å². The van der Waals surface area contributed by atoms with Crippen molar-refractivity contribution in [1.29, 1.82) is 0 Å². The van der Waals surface area contributed by atoms with E-state index in [-0.39, 0.29) is 11.9 Å². The summed E-state index contributed by atoms with van der Waals surface area (Å²) in [5, 5.41) is 2.93. The Balaban J connectivity index is 2.81. The second-order valence-electron chi connectivity index (χ2n) is 2.17. The number of carbonyl (C=O) groups excluding carboxylic acids is 1. The molecule has 1 aromatic heterocycles. The molecule has 0 aromatic carbocycles. The predicted octanol–water partition coefficient (Wildman–Crippen LogP) is 0.845. The highest BCUT2D eigenvalue weighted by Gasteiger charge is 2.01. The van der Waals surface area contributed by atoms with Gasteiger partial charge in [0.2, 0.25) is 5.28 Å². The summed E-state index contributed by atoms with van der Waals surface area (Å²) in [7, 11) is 1.71. The molecule has 0 saturated heterocycles. The summed E-state index contributed by atoms with van der Waals surface area (Å²) >= 11 is 5.60. The Labute approximate surface area is 80.1 Å². The van der Waals surface area contributed by atoms with Gasteiger partial charge in [0.15, 0.2) is 0 Å². The van der Waals surface area contributed by atoms with Crippen LogP contribution in [0.3, 0.4) is 0 Å². The third-order valence-electron chi connectivity index (χ3n) is 1.31. The van der Waals surface area contributed by atoms with Gasteiger partial charge in [-0.2, -0.15) is 0 Å². The Morgan fingerprint density at radius 2 is 2.46 bits per heavy atom. The maximum Gasteiger partial charge on any atom is 0.293 e. The molecule has 70 valence electrons.